The molecule has 0 heterocycles. The molecule has 6 heteroatoms. The van der Waals surface area contributed by atoms with Crippen LogP contribution in [0.3, 0.4) is 0 Å². The Morgan fingerprint density at radius 3 is 2.05 bits per heavy atom. The van der Waals surface area contributed by atoms with E-state index in [0.717, 1.165) is 16.8 Å². The maximum atomic E-state index is 10.7. The monoisotopic (exact) mass is 282 g/mol. The van der Waals surface area contributed by atoms with Crippen LogP contribution in [0.4, 0.5) is 5.69 Å². The van der Waals surface area contributed by atoms with Crippen LogP contribution < -0.4 is 11.1 Å². The zero-order chi connectivity index (χ0) is 15.9. The lowest BCUT2D eigenvalue weighted by atomic mass is 10.0. The third kappa shape index (κ3) is 5.71. The van der Waals surface area contributed by atoms with E-state index in [-0.39, 0.29) is 6.54 Å². The molecule has 1 atom stereocenters. The van der Waals surface area contributed by atoms with Crippen LogP contribution in [0.15, 0.2) is 12.1 Å². The molecule has 0 aliphatic carbocycles. The summed E-state index contributed by atoms with van der Waals surface area (Å²) in [5, 5.41) is 19.4. The Morgan fingerprint density at radius 1 is 1.20 bits per heavy atom. The quantitative estimate of drug-likeness (QED) is 0.666. The van der Waals surface area contributed by atoms with Crippen LogP contribution in [0.25, 0.3) is 0 Å². The van der Waals surface area contributed by atoms with Crippen LogP contribution in [-0.4, -0.2) is 34.7 Å². The van der Waals surface area contributed by atoms with E-state index in [4.69, 9.17) is 10.2 Å². The van der Waals surface area contributed by atoms with Crippen molar-refractivity contribution in [1.82, 2.24) is 0 Å². The Hall–Kier alpha value is -2.08. The molecule has 1 aromatic rings. The van der Waals surface area contributed by atoms with Crippen LogP contribution >= 0.6 is 0 Å². The molecule has 0 unspecified atom stereocenters. The van der Waals surface area contributed by atoms with E-state index in [1.54, 1.807) is 6.92 Å². The minimum atomic E-state index is -0.968. The second-order valence-electron chi connectivity index (χ2n) is 4.50. The number of anilines is 1. The van der Waals surface area contributed by atoms with Gasteiger partial charge in [0.2, 0.25) is 0 Å². The Kier molecular flexibility index (Phi) is 7.31. The fourth-order valence-electron chi connectivity index (χ4n) is 1.45. The molecule has 0 amide bonds. The largest absolute Gasteiger partial charge is 0.480 e. The second-order valence-corrected chi connectivity index (χ2v) is 4.50. The van der Waals surface area contributed by atoms with Crippen molar-refractivity contribution in [1.29, 1.82) is 0 Å². The minimum Gasteiger partial charge on any atom is -0.480 e. The van der Waals surface area contributed by atoms with Crippen molar-refractivity contribution >= 4 is 17.6 Å². The van der Waals surface area contributed by atoms with Gasteiger partial charge in [-0.15, -0.1) is 0 Å². The molecular formula is C14H22N2O4. The summed E-state index contributed by atoms with van der Waals surface area (Å²) < 4.78 is 0. The molecule has 0 saturated heterocycles. The molecule has 1 rings (SSSR count). The first-order chi connectivity index (χ1) is 9.20. The molecule has 0 saturated carbocycles. The van der Waals surface area contributed by atoms with E-state index < -0.39 is 18.0 Å². The molecule has 0 bridgehead atoms. The predicted octanol–water partition coefficient (Wildman–Crippen LogP) is 1.53. The van der Waals surface area contributed by atoms with Gasteiger partial charge in [-0.2, -0.15) is 0 Å². The van der Waals surface area contributed by atoms with Crippen molar-refractivity contribution in [3.05, 3.63) is 28.8 Å². The molecule has 20 heavy (non-hydrogen) atoms. The number of rotatable bonds is 4. The highest BCUT2D eigenvalue weighted by Gasteiger charge is 2.13. The lowest BCUT2D eigenvalue weighted by Gasteiger charge is -2.17. The Morgan fingerprint density at radius 2 is 1.65 bits per heavy atom. The van der Waals surface area contributed by atoms with Crippen molar-refractivity contribution in [2.45, 2.75) is 33.7 Å². The van der Waals surface area contributed by atoms with E-state index in [1.165, 1.54) is 5.56 Å². The summed E-state index contributed by atoms with van der Waals surface area (Å²) >= 11 is 0. The lowest BCUT2D eigenvalue weighted by Crippen LogP contribution is -2.26. The number of hydrogen-bond acceptors (Lipinski definition) is 4. The highest BCUT2D eigenvalue weighted by atomic mass is 16.4. The summed E-state index contributed by atoms with van der Waals surface area (Å²) in [6, 6.07) is 3.48. The van der Waals surface area contributed by atoms with E-state index in [2.05, 4.69) is 11.1 Å². The van der Waals surface area contributed by atoms with Gasteiger partial charge < -0.3 is 21.3 Å². The maximum Gasteiger partial charge on any atom is 0.325 e. The van der Waals surface area contributed by atoms with E-state index >= 15 is 0 Å². The average Bonchev–Trinajstić information content (AvgIpc) is 2.39. The Balaban J connectivity index is 0.000000621. The number of benzene rings is 1. The van der Waals surface area contributed by atoms with E-state index in [0.29, 0.717) is 0 Å². The van der Waals surface area contributed by atoms with Crippen molar-refractivity contribution in [2.75, 3.05) is 11.9 Å². The molecule has 0 radical (unpaired) electrons. The van der Waals surface area contributed by atoms with Crippen LogP contribution in [0.1, 0.15) is 23.6 Å². The summed E-state index contributed by atoms with van der Waals surface area (Å²) in [5.74, 6) is -1.81. The molecule has 112 valence electrons. The summed E-state index contributed by atoms with van der Waals surface area (Å²) in [7, 11) is 0. The number of nitrogens with two attached hydrogens (primary N) is 1. The zero-order valence-electron chi connectivity index (χ0n) is 12.2. The highest BCUT2D eigenvalue weighted by Crippen LogP contribution is 2.23. The molecule has 6 nitrogen and oxygen atoms in total. The summed E-state index contributed by atoms with van der Waals surface area (Å²) in [4.78, 5) is 20.0. The lowest BCUT2D eigenvalue weighted by molar-refractivity contribution is -0.137. The molecule has 0 aromatic heterocycles. The van der Waals surface area contributed by atoms with Gasteiger partial charge in [-0.1, -0.05) is 12.1 Å². The van der Waals surface area contributed by atoms with Crippen LogP contribution in [-0.2, 0) is 9.59 Å². The van der Waals surface area contributed by atoms with E-state index in [1.807, 2.05) is 32.9 Å². The summed E-state index contributed by atoms with van der Waals surface area (Å²) in [5.41, 5.74) is 8.86. The number of carboxylic acid groups (broad SMARTS) is 2. The molecule has 5 N–H and O–H groups in total. The Labute approximate surface area is 118 Å². The smallest absolute Gasteiger partial charge is 0.325 e. The van der Waals surface area contributed by atoms with Crippen LogP contribution in [0.5, 0.6) is 0 Å². The molecule has 0 fully saturated rings. The molecule has 0 aliphatic rings. The van der Waals surface area contributed by atoms with Crippen molar-refractivity contribution in [3.63, 3.8) is 0 Å². The highest BCUT2D eigenvalue weighted by molar-refractivity contribution is 5.78. The number of aliphatic carboxylic acids is 2. The summed E-state index contributed by atoms with van der Waals surface area (Å²) in [6.07, 6.45) is 0. The number of carboxylic acids is 2. The van der Waals surface area contributed by atoms with Gasteiger partial charge in [0.1, 0.15) is 6.04 Å². The van der Waals surface area contributed by atoms with Gasteiger partial charge in [0, 0.05) is 5.69 Å². The fraction of sp³-hybridized carbons (Fsp3) is 0.429. The van der Waals surface area contributed by atoms with Crippen molar-refractivity contribution in [3.8, 4) is 0 Å². The van der Waals surface area contributed by atoms with Gasteiger partial charge in [-0.05, 0) is 44.4 Å². The normalized spacial score (nSPS) is 11.1. The fourth-order valence-corrected chi connectivity index (χ4v) is 1.45. The number of nitrogens with one attached hydrogen (secondary N) is 1. The van der Waals surface area contributed by atoms with Gasteiger partial charge in [0.25, 0.3) is 0 Å². The molecular weight excluding hydrogens is 260 g/mol. The SMILES string of the molecule is Cc1ccc(C)c(N[C@@H](C)C(=O)O)c1C.NCC(=O)O. The number of carbonyl (C=O) groups is 2. The number of aryl methyl sites for hydroxylation is 2. The van der Waals surface area contributed by atoms with Gasteiger partial charge in [-0.25, -0.2) is 0 Å². The zero-order valence-corrected chi connectivity index (χ0v) is 12.2. The third-order valence-electron chi connectivity index (χ3n) is 2.85. The third-order valence-corrected chi connectivity index (χ3v) is 2.85. The summed E-state index contributed by atoms with van der Waals surface area (Å²) in [6.45, 7) is 7.36. The minimum absolute atomic E-state index is 0.278. The molecule has 1 aromatic carbocycles. The molecule has 0 aliphatic heterocycles. The standard InChI is InChI=1S/C12H17NO2.C2H5NO2/c1-7-5-6-8(2)11(9(7)3)13-10(4)12(14)15;3-1-2(4)5/h5-6,10,13H,1-4H3,(H,14,15);1,3H2,(H,4,5)/t10-;/m0./s1. The first-order valence-corrected chi connectivity index (χ1v) is 6.18. The van der Waals surface area contributed by atoms with Gasteiger partial charge in [0.05, 0.1) is 6.54 Å². The Bertz CT molecular complexity index is 486. The van der Waals surface area contributed by atoms with Gasteiger partial charge in [-0.3, -0.25) is 9.59 Å². The van der Waals surface area contributed by atoms with Crippen LogP contribution in [0.2, 0.25) is 0 Å². The first kappa shape index (κ1) is 17.9. The first-order valence-electron chi connectivity index (χ1n) is 6.18. The second kappa shape index (κ2) is 8.16. The van der Waals surface area contributed by atoms with E-state index in [9.17, 15) is 9.59 Å². The van der Waals surface area contributed by atoms with Gasteiger partial charge >= 0.3 is 11.9 Å². The topological polar surface area (TPSA) is 113 Å². The average molecular weight is 282 g/mol. The maximum absolute atomic E-state index is 10.7. The van der Waals surface area contributed by atoms with Gasteiger partial charge in [0.15, 0.2) is 0 Å². The van der Waals surface area contributed by atoms with Crippen molar-refractivity contribution < 1.29 is 19.8 Å². The van der Waals surface area contributed by atoms with Crippen molar-refractivity contribution in [2.24, 2.45) is 5.73 Å². The van der Waals surface area contributed by atoms with Crippen LogP contribution in [0, 0.1) is 20.8 Å². The molecule has 0 spiro atoms. The number of hydrogen-bond donors (Lipinski definition) is 4. The predicted molar refractivity (Wildman–Crippen MR) is 78.1 cm³/mol.